The molecule has 2 aliphatic rings. The van der Waals surface area contributed by atoms with E-state index in [2.05, 4.69) is 34.5 Å². The van der Waals surface area contributed by atoms with Crippen molar-refractivity contribution in [1.29, 1.82) is 0 Å². The molecule has 6 nitrogen and oxygen atoms in total. The van der Waals surface area contributed by atoms with Gasteiger partial charge in [-0.3, -0.25) is 19.6 Å². The third-order valence-electron chi connectivity index (χ3n) is 3.99. The van der Waals surface area contributed by atoms with E-state index in [-0.39, 0.29) is 23.1 Å². The lowest BCUT2D eigenvalue weighted by Crippen LogP contribution is -2.44. The molecule has 0 unspecified atom stereocenters. The summed E-state index contributed by atoms with van der Waals surface area (Å²) < 4.78 is 0. The summed E-state index contributed by atoms with van der Waals surface area (Å²) in [6.07, 6.45) is 3.74. The van der Waals surface area contributed by atoms with Crippen LogP contribution in [0.15, 0.2) is 40.4 Å². The number of nitrogens with zero attached hydrogens (tertiary/aromatic N) is 2. The summed E-state index contributed by atoms with van der Waals surface area (Å²) >= 11 is 3.12. The molecule has 2 aliphatic heterocycles. The van der Waals surface area contributed by atoms with Crippen LogP contribution in [-0.4, -0.2) is 39.5 Å². The summed E-state index contributed by atoms with van der Waals surface area (Å²) in [5.41, 5.74) is 0.826. The SMILES string of the molecule is CC(C)C1=C[C@H]2C(=O)NC(CSCC(=O)NCc3ccccn3)=N[C@H]2S1. The monoisotopic (exact) mass is 390 g/mol. The number of amidine groups is 1. The van der Waals surface area contributed by atoms with Crippen LogP contribution in [0.1, 0.15) is 19.5 Å². The number of hydrogen-bond donors (Lipinski definition) is 2. The van der Waals surface area contributed by atoms with Crippen LogP contribution < -0.4 is 10.6 Å². The van der Waals surface area contributed by atoms with Gasteiger partial charge in [0, 0.05) is 6.20 Å². The van der Waals surface area contributed by atoms with Crippen LogP contribution in [0, 0.1) is 11.8 Å². The van der Waals surface area contributed by atoms with Crippen LogP contribution >= 0.6 is 23.5 Å². The summed E-state index contributed by atoms with van der Waals surface area (Å²) in [6, 6.07) is 5.60. The molecule has 138 valence electrons. The third kappa shape index (κ3) is 4.88. The van der Waals surface area contributed by atoms with Crippen molar-refractivity contribution < 1.29 is 9.59 Å². The van der Waals surface area contributed by atoms with Gasteiger partial charge >= 0.3 is 0 Å². The summed E-state index contributed by atoms with van der Waals surface area (Å²) in [7, 11) is 0. The fourth-order valence-electron chi connectivity index (χ4n) is 2.62. The van der Waals surface area contributed by atoms with E-state index in [0.717, 1.165) is 5.69 Å². The third-order valence-corrected chi connectivity index (χ3v) is 6.46. The van der Waals surface area contributed by atoms with Gasteiger partial charge in [0.15, 0.2) is 0 Å². The Morgan fingerprint density at radius 3 is 3.00 bits per heavy atom. The molecule has 2 N–H and O–H groups in total. The molecule has 3 rings (SSSR count). The minimum atomic E-state index is -0.173. The lowest BCUT2D eigenvalue weighted by atomic mass is 10.0. The fourth-order valence-corrected chi connectivity index (χ4v) is 4.65. The molecule has 8 heteroatoms. The predicted octanol–water partition coefficient (Wildman–Crippen LogP) is 2.19. The zero-order valence-corrected chi connectivity index (χ0v) is 16.4. The summed E-state index contributed by atoms with van der Waals surface area (Å²) in [5, 5.41) is 5.65. The second-order valence-corrected chi connectivity index (χ2v) is 8.59. The highest BCUT2D eigenvalue weighted by atomic mass is 32.2. The van der Waals surface area contributed by atoms with Crippen molar-refractivity contribution in [2.75, 3.05) is 11.5 Å². The first-order valence-corrected chi connectivity index (χ1v) is 10.6. The second-order valence-electron chi connectivity index (χ2n) is 6.41. The largest absolute Gasteiger partial charge is 0.350 e. The molecule has 3 heterocycles. The summed E-state index contributed by atoms with van der Waals surface area (Å²) in [6.45, 7) is 4.66. The first kappa shape index (κ1) is 19.0. The van der Waals surface area contributed by atoms with Crippen molar-refractivity contribution in [1.82, 2.24) is 15.6 Å². The van der Waals surface area contributed by atoms with Crippen molar-refractivity contribution in [2.24, 2.45) is 16.8 Å². The van der Waals surface area contributed by atoms with Gasteiger partial charge in [0.1, 0.15) is 11.2 Å². The van der Waals surface area contributed by atoms with Gasteiger partial charge in [0.05, 0.1) is 29.7 Å². The van der Waals surface area contributed by atoms with Crippen LogP contribution in [0.5, 0.6) is 0 Å². The maximum absolute atomic E-state index is 12.3. The predicted molar refractivity (Wildman–Crippen MR) is 107 cm³/mol. The number of amides is 2. The zero-order valence-electron chi connectivity index (χ0n) is 14.8. The number of aromatic nitrogens is 1. The standard InChI is InChI=1S/C18H22N4O2S2/c1-11(2)14-7-13-17(24)21-15(22-18(13)26-14)9-25-10-16(23)20-8-12-5-3-4-6-19-12/h3-7,11,13,18H,8-10H2,1-2H3,(H,20,23)(H,21,22,24)/t13-,18-/m0/s1. The van der Waals surface area contributed by atoms with Gasteiger partial charge in [-0.2, -0.15) is 0 Å². The first-order chi connectivity index (χ1) is 12.5. The highest BCUT2D eigenvalue weighted by molar-refractivity contribution is 8.04. The minimum absolute atomic E-state index is 0.00311. The molecule has 0 radical (unpaired) electrons. The van der Waals surface area contributed by atoms with Crippen LogP contribution in [0.2, 0.25) is 0 Å². The molecule has 0 fully saturated rings. The lowest BCUT2D eigenvalue weighted by Gasteiger charge is -2.22. The fraction of sp³-hybridized carbons (Fsp3) is 0.444. The van der Waals surface area contributed by atoms with Crippen LogP contribution in [0.4, 0.5) is 0 Å². The van der Waals surface area contributed by atoms with E-state index >= 15 is 0 Å². The Morgan fingerprint density at radius 1 is 1.42 bits per heavy atom. The number of aliphatic imine (C=N–C) groups is 1. The van der Waals surface area contributed by atoms with Gasteiger partial charge in [-0.25, -0.2) is 0 Å². The smallest absolute Gasteiger partial charge is 0.235 e. The van der Waals surface area contributed by atoms with Gasteiger partial charge < -0.3 is 10.6 Å². The van der Waals surface area contributed by atoms with E-state index in [4.69, 9.17) is 0 Å². The molecule has 0 aliphatic carbocycles. The topological polar surface area (TPSA) is 83.5 Å². The summed E-state index contributed by atoms with van der Waals surface area (Å²) in [5.74, 6) is 1.68. The van der Waals surface area contributed by atoms with Crippen LogP contribution in [-0.2, 0) is 16.1 Å². The normalized spacial score (nSPS) is 21.7. The maximum Gasteiger partial charge on any atom is 0.235 e. The first-order valence-electron chi connectivity index (χ1n) is 8.53. The van der Waals surface area contributed by atoms with E-state index in [1.54, 1.807) is 18.0 Å². The Bertz CT molecular complexity index is 734. The van der Waals surface area contributed by atoms with Gasteiger partial charge in [-0.05, 0) is 23.0 Å². The number of thioether (sulfide) groups is 2. The molecule has 0 aromatic carbocycles. The Balaban J connectivity index is 1.43. The Morgan fingerprint density at radius 2 is 2.27 bits per heavy atom. The number of carbonyl (C=O) groups is 2. The van der Waals surface area contributed by atoms with E-state index in [1.807, 2.05) is 24.3 Å². The Labute approximate surface area is 161 Å². The highest BCUT2D eigenvalue weighted by Gasteiger charge is 2.37. The molecule has 2 amide bonds. The molecular weight excluding hydrogens is 368 g/mol. The van der Waals surface area contributed by atoms with Gasteiger partial charge in [-0.15, -0.1) is 23.5 Å². The molecule has 0 spiro atoms. The number of nitrogens with one attached hydrogen (secondary N) is 2. The molecule has 1 aromatic heterocycles. The molecule has 1 aromatic rings. The van der Waals surface area contributed by atoms with Crippen molar-refractivity contribution in [2.45, 2.75) is 25.8 Å². The molecule has 0 saturated heterocycles. The zero-order chi connectivity index (χ0) is 18.5. The number of fused-ring (bicyclic) bond motifs is 1. The molecule has 26 heavy (non-hydrogen) atoms. The van der Waals surface area contributed by atoms with Crippen molar-refractivity contribution >= 4 is 41.2 Å². The van der Waals surface area contributed by atoms with Crippen molar-refractivity contribution in [3.05, 3.63) is 41.1 Å². The second kappa shape index (κ2) is 8.73. The molecular formula is C18H22N4O2S2. The van der Waals surface area contributed by atoms with E-state index in [9.17, 15) is 9.59 Å². The summed E-state index contributed by atoms with van der Waals surface area (Å²) in [4.78, 5) is 34.2. The van der Waals surface area contributed by atoms with Crippen molar-refractivity contribution in [3.63, 3.8) is 0 Å². The van der Waals surface area contributed by atoms with Crippen LogP contribution in [0.3, 0.4) is 0 Å². The Kier molecular flexibility index (Phi) is 6.37. The molecule has 0 saturated carbocycles. The van der Waals surface area contributed by atoms with Crippen molar-refractivity contribution in [3.8, 4) is 0 Å². The van der Waals surface area contributed by atoms with Gasteiger partial charge in [0.2, 0.25) is 11.8 Å². The Hall–Kier alpha value is -1.80. The average Bonchev–Trinajstić information content (AvgIpc) is 3.06. The number of pyridine rings is 1. The minimum Gasteiger partial charge on any atom is -0.350 e. The molecule has 2 atom stereocenters. The average molecular weight is 391 g/mol. The van der Waals surface area contributed by atoms with Crippen LogP contribution in [0.25, 0.3) is 0 Å². The van der Waals surface area contributed by atoms with E-state index in [0.29, 0.717) is 29.8 Å². The highest BCUT2D eigenvalue weighted by Crippen LogP contribution is 2.42. The van der Waals surface area contributed by atoms with E-state index < -0.39 is 0 Å². The quantitative estimate of drug-likeness (QED) is 0.746. The maximum atomic E-state index is 12.3. The van der Waals surface area contributed by atoms with E-state index in [1.165, 1.54) is 16.7 Å². The molecule has 0 bridgehead atoms. The van der Waals surface area contributed by atoms with Gasteiger partial charge in [-0.1, -0.05) is 26.0 Å². The number of carbonyl (C=O) groups excluding carboxylic acids is 2. The number of allylic oxidation sites excluding steroid dienone is 1. The number of hydrogen-bond acceptors (Lipinski definition) is 6. The number of rotatable bonds is 7. The van der Waals surface area contributed by atoms with Gasteiger partial charge in [0.25, 0.3) is 0 Å². The lowest BCUT2D eigenvalue weighted by molar-refractivity contribution is -0.122.